The number of H-pyrrole nitrogens is 1. The summed E-state index contributed by atoms with van der Waals surface area (Å²) in [5.41, 5.74) is 1.88. The standard InChI is InChI=1S/C13H18N4O4/c1-17(11-5-21-4-7(11)13(19)20)12(18)9-2-8-10(3-14-9)16-6-15-8/h6-7,9,11,14H,2-5H2,1H3,(H,15,16)(H,19,20). The third kappa shape index (κ3) is 2.52. The summed E-state index contributed by atoms with van der Waals surface area (Å²) >= 11 is 0. The predicted octanol–water partition coefficient (Wildman–Crippen LogP) is -1.02. The number of fused-ring (bicyclic) bond motifs is 1. The van der Waals surface area contributed by atoms with Gasteiger partial charge < -0.3 is 19.7 Å². The van der Waals surface area contributed by atoms with Gasteiger partial charge in [0.05, 0.1) is 43.0 Å². The molecule has 1 amide bonds. The average Bonchev–Trinajstić information content (AvgIpc) is 3.13. The minimum Gasteiger partial charge on any atom is -0.481 e. The molecule has 3 heterocycles. The molecular formula is C13H18N4O4. The number of nitrogens with zero attached hydrogens (tertiary/aromatic N) is 2. The lowest BCUT2D eigenvalue weighted by atomic mass is 9.99. The van der Waals surface area contributed by atoms with Crippen LogP contribution in [0, 0.1) is 5.92 Å². The van der Waals surface area contributed by atoms with E-state index in [-0.39, 0.29) is 25.2 Å². The summed E-state index contributed by atoms with van der Waals surface area (Å²) in [6.07, 6.45) is 2.13. The fourth-order valence-corrected chi connectivity index (χ4v) is 2.91. The summed E-state index contributed by atoms with van der Waals surface area (Å²) in [7, 11) is 1.64. The molecule has 1 fully saturated rings. The number of likely N-dealkylation sites (N-methyl/N-ethyl adjacent to an activating group) is 1. The first-order chi connectivity index (χ1) is 10.1. The van der Waals surface area contributed by atoms with E-state index in [4.69, 9.17) is 4.74 Å². The van der Waals surface area contributed by atoms with Gasteiger partial charge in [0.2, 0.25) is 5.91 Å². The number of carbonyl (C=O) groups is 2. The number of hydrogen-bond acceptors (Lipinski definition) is 5. The average molecular weight is 294 g/mol. The normalized spacial score (nSPS) is 28.1. The van der Waals surface area contributed by atoms with Crippen molar-refractivity contribution in [2.45, 2.75) is 25.0 Å². The van der Waals surface area contributed by atoms with Gasteiger partial charge in [0.1, 0.15) is 5.92 Å². The Kier molecular flexibility index (Phi) is 3.64. The number of carboxylic acid groups (broad SMARTS) is 1. The van der Waals surface area contributed by atoms with Gasteiger partial charge in [0.25, 0.3) is 0 Å². The number of ether oxygens (including phenoxy) is 1. The Balaban J connectivity index is 1.69. The first kappa shape index (κ1) is 14.0. The van der Waals surface area contributed by atoms with E-state index in [1.54, 1.807) is 13.4 Å². The van der Waals surface area contributed by atoms with Crippen LogP contribution in [0.1, 0.15) is 11.4 Å². The Morgan fingerprint density at radius 2 is 2.29 bits per heavy atom. The SMILES string of the molecule is CN(C(=O)C1Cc2nc[nH]c2CN1)C1COCC1C(=O)O. The topological polar surface area (TPSA) is 108 Å². The van der Waals surface area contributed by atoms with Crippen LogP contribution in [0.2, 0.25) is 0 Å². The third-order valence-electron chi connectivity index (χ3n) is 4.24. The van der Waals surface area contributed by atoms with Crippen molar-refractivity contribution in [3.63, 3.8) is 0 Å². The number of aliphatic carboxylic acids is 1. The molecule has 0 aromatic carbocycles. The van der Waals surface area contributed by atoms with E-state index in [1.165, 1.54) is 4.90 Å². The van der Waals surface area contributed by atoms with Gasteiger partial charge >= 0.3 is 5.97 Å². The number of amides is 1. The van der Waals surface area contributed by atoms with Crippen LogP contribution in [0.15, 0.2) is 6.33 Å². The zero-order chi connectivity index (χ0) is 15.0. The summed E-state index contributed by atoms with van der Waals surface area (Å²) in [6.45, 7) is 0.974. The number of rotatable bonds is 3. The van der Waals surface area contributed by atoms with Crippen molar-refractivity contribution < 1.29 is 19.4 Å². The lowest BCUT2D eigenvalue weighted by Gasteiger charge is -2.31. The Hall–Kier alpha value is -1.93. The van der Waals surface area contributed by atoms with Crippen LogP contribution in [0.5, 0.6) is 0 Å². The van der Waals surface area contributed by atoms with E-state index < -0.39 is 17.9 Å². The number of carbonyl (C=O) groups excluding carboxylic acids is 1. The number of carboxylic acids is 1. The molecule has 1 saturated heterocycles. The minimum atomic E-state index is -0.927. The van der Waals surface area contributed by atoms with Crippen molar-refractivity contribution in [2.75, 3.05) is 20.3 Å². The highest BCUT2D eigenvalue weighted by Crippen LogP contribution is 2.21. The van der Waals surface area contributed by atoms with Crippen LogP contribution in [0.4, 0.5) is 0 Å². The molecule has 3 rings (SSSR count). The molecule has 0 bridgehead atoms. The maximum atomic E-state index is 12.6. The predicted molar refractivity (Wildman–Crippen MR) is 71.4 cm³/mol. The van der Waals surface area contributed by atoms with E-state index in [0.717, 1.165) is 11.4 Å². The molecule has 0 aliphatic carbocycles. The van der Waals surface area contributed by atoms with Crippen LogP contribution >= 0.6 is 0 Å². The second-order valence-corrected chi connectivity index (χ2v) is 5.46. The maximum absolute atomic E-state index is 12.6. The summed E-state index contributed by atoms with van der Waals surface area (Å²) in [5.74, 6) is -1.71. The molecule has 0 radical (unpaired) electrons. The van der Waals surface area contributed by atoms with Crippen LogP contribution < -0.4 is 5.32 Å². The molecule has 8 heteroatoms. The van der Waals surface area contributed by atoms with Crippen molar-refractivity contribution in [1.29, 1.82) is 0 Å². The Labute approximate surface area is 121 Å². The second kappa shape index (κ2) is 5.45. The molecule has 3 atom stereocenters. The molecule has 3 unspecified atom stereocenters. The summed E-state index contributed by atoms with van der Waals surface area (Å²) in [4.78, 5) is 32.5. The van der Waals surface area contributed by atoms with Gasteiger partial charge in [-0.2, -0.15) is 0 Å². The van der Waals surface area contributed by atoms with Crippen molar-refractivity contribution in [2.24, 2.45) is 5.92 Å². The number of aromatic amines is 1. The fourth-order valence-electron chi connectivity index (χ4n) is 2.91. The van der Waals surface area contributed by atoms with Crippen molar-refractivity contribution in [3.05, 3.63) is 17.7 Å². The highest BCUT2D eigenvalue weighted by molar-refractivity contribution is 5.83. The van der Waals surface area contributed by atoms with Gasteiger partial charge in [-0.25, -0.2) is 4.98 Å². The van der Waals surface area contributed by atoms with Crippen molar-refractivity contribution >= 4 is 11.9 Å². The van der Waals surface area contributed by atoms with Crippen molar-refractivity contribution in [1.82, 2.24) is 20.2 Å². The van der Waals surface area contributed by atoms with Gasteiger partial charge in [-0.1, -0.05) is 0 Å². The molecule has 21 heavy (non-hydrogen) atoms. The van der Waals surface area contributed by atoms with Crippen LogP contribution in [0.3, 0.4) is 0 Å². The highest BCUT2D eigenvalue weighted by atomic mass is 16.5. The minimum absolute atomic E-state index is 0.120. The van der Waals surface area contributed by atoms with E-state index in [1.807, 2.05) is 0 Å². The fraction of sp³-hybridized carbons (Fsp3) is 0.615. The molecular weight excluding hydrogens is 276 g/mol. The van der Waals surface area contributed by atoms with Gasteiger partial charge in [-0.15, -0.1) is 0 Å². The summed E-state index contributed by atoms with van der Waals surface area (Å²) in [5, 5.41) is 12.3. The van der Waals surface area contributed by atoms with Crippen LogP contribution in [0.25, 0.3) is 0 Å². The number of imidazole rings is 1. The number of hydrogen-bond donors (Lipinski definition) is 3. The molecule has 0 saturated carbocycles. The molecule has 2 aliphatic heterocycles. The molecule has 2 aliphatic rings. The zero-order valence-electron chi connectivity index (χ0n) is 11.7. The summed E-state index contributed by atoms with van der Waals surface area (Å²) in [6, 6.07) is -0.793. The lowest BCUT2D eigenvalue weighted by Crippen LogP contribution is -2.53. The first-order valence-electron chi connectivity index (χ1n) is 6.89. The van der Waals surface area contributed by atoms with Crippen LogP contribution in [-0.4, -0.2) is 64.2 Å². The van der Waals surface area contributed by atoms with E-state index in [2.05, 4.69) is 15.3 Å². The Morgan fingerprint density at radius 3 is 3.05 bits per heavy atom. The Morgan fingerprint density at radius 1 is 1.48 bits per heavy atom. The second-order valence-electron chi connectivity index (χ2n) is 5.46. The molecule has 1 aromatic heterocycles. The first-order valence-corrected chi connectivity index (χ1v) is 6.89. The van der Waals surface area contributed by atoms with E-state index in [0.29, 0.717) is 13.0 Å². The summed E-state index contributed by atoms with van der Waals surface area (Å²) < 4.78 is 5.22. The molecule has 8 nitrogen and oxygen atoms in total. The Bertz CT molecular complexity index is 558. The third-order valence-corrected chi connectivity index (χ3v) is 4.24. The van der Waals surface area contributed by atoms with Crippen molar-refractivity contribution in [3.8, 4) is 0 Å². The largest absolute Gasteiger partial charge is 0.481 e. The molecule has 1 aromatic rings. The highest BCUT2D eigenvalue weighted by Gasteiger charge is 2.40. The molecule has 114 valence electrons. The number of aromatic nitrogens is 2. The zero-order valence-corrected chi connectivity index (χ0v) is 11.7. The van der Waals surface area contributed by atoms with Gasteiger partial charge in [0.15, 0.2) is 0 Å². The number of nitrogens with one attached hydrogen (secondary N) is 2. The quantitative estimate of drug-likeness (QED) is 0.659. The van der Waals surface area contributed by atoms with Gasteiger partial charge in [-0.3, -0.25) is 14.9 Å². The van der Waals surface area contributed by atoms with E-state index in [9.17, 15) is 14.7 Å². The smallest absolute Gasteiger partial charge is 0.311 e. The monoisotopic (exact) mass is 294 g/mol. The maximum Gasteiger partial charge on any atom is 0.311 e. The van der Waals surface area contributed by atoms with Crippen LogP contribution in [-0.2, 0) is 27.3 Å². The molecule has 0 spiro atoms. The van der Waals surface area contributed by atoms with E-state index >= 15 is 0 Å². The molecule has 3 N–H and O–H groups in total. The lowest BCUT2D eigenvalue weighted by molar-refractivity contribution is -0.145. The van der Waals surface area contributed by atoms with Gasteiger partial charge in [0, 0.05) is 20.0 Å². The van der Waals surface area contributed by atoms with Gasteiger partial charge in [-0.05, 0) is 0 Å².